The van der Waals surface area contributed by atoms with Crippen LogP contribution in [0.15, 0.2) is 30.3 Å². The summed E-state index contributed by atoms with van der Waals surface area (Å²) in [6.45, 7) is 7.05. The van der Waals surface area contributed by atoms with Crippen LogP contribution in [0.25, 0.3) is 0 Å². The molecule has 1 aromatic carbocycles. The van der Waals surface area contributed by atoms with Gasteiger partial charge in [-0.15, -0.1) is 0 Å². The van der Waals surface area contributed by atoms with Gasteiger partial charge in [-0.05, 0) is 17.5 Å². The highest BCUT2D eigenvalue weighted by Gasteiger charge is 2.18. The third kappa shape index (κ3) is 7.54. The predicted octanol–water partition coefficient (Wildman–Crippen LogP) is 3.23. The number of ether oxygens (including phenoxy) is 2. The Morgan fingerprint density at radius 3 is 2.00 bits per heavy atom. The Bertz CT molecular complexity index is 511. The third-order valence-electron chi connectivity index (χ3n) is 2.97. The van der Waals surface area contributed by atoms with Crippen LogP contribution in [0, 0.1) is 5.41 Å². The standard InChI is InChI=1S/C17H26N2O4/c1-17(2,3)13-22-15(20)18(4)11-12-19(5)16(21)23-14-9-7-6-8-10-14/h6-10H,11-13H2,1-5H3. The highest BCUT2D eigenvalue weighted by Crippen LogP contribution is 2.13. The van der Waals surface area contributed by atoms with Crippen molar-refractivity contribution in [3.63, 3.8) is 0 Å². The van der Waals surface area contributed by atoms with Gasteiger partial charge in [0.2, 0.25) is 0 Å². The van der Waals surface area contributed by atoms with Gasteiger partial charge in [0.1, 0.15) is 5.75 Å². The smallest absolute Gasteiger partial charge is 0.415 e. The fourth-order valence-electron chi connectivity index (χ4n) is 1.54. The van der Waals surface area contributed by atoms with E-state index in [2.05, 4.69) is 0 Å². The fourth-order valence-corrected chi connectivity index (χ4v) is 1.54. The van der Waals surface area contributed by atoms with Crippen molar-refractivity contribution in [3.05, 3.63) is 30.3 Å². The monoisotopic (exact) mass is 322 g/mol. The maximum atomic E-state index is 11.9. The lowest BCUT2D eigenvalue weighted by Gasteiger charge is -2.24. The molecule has 0 aliphatic heterocycles. The van der Waals surface area contributed by atoms with Crippen molar-refractivity contribution < 1.29 is 19.1 Å². The number of benzene rings is 1. The van der Waals surface area contributed by atoms with Gasteiger partial charge in [-0.2, -0.15) is 0 Å². The third-order valence-corrected chi connectivity index (χ3v) is 2.97. The van der Waals surface area contributed by atoms with E-state index in [1.807, 2.05) is 26.8 Å². The Morgan fingerprint density at radius 1 is 0.957 bits per heavy atom. The van der Waals surface area contributed by atoms with Crippen molar-refractivity contribution in [1.29, 1.82) is 0 Å². The van der Waals surface area contributed by atoms with Crippen molar-refractivity contribution in [1.82, 2.24) is 9.80 Å². The van der Waals surface area contributed by atoms with Crippen LogP contribution in [-0.2, 0) is 4.74 Å². The van der Waals surface area contributed by atoms with Crippen LogP contribution in [0.4, 0.5) is 9.59 Å². The number of nitrogens with zero attached hydrogens (tertiary/aromatic N) is 2. The van der Waals surface area contributed by atoms with E-state index in [0.29, 0.717) is 25.4 Å². The average Bonchev–Trinajstić information content (AvgIpc) is 2.50. The molecule has 1 rings (SSSR count). The maximum Gasteiger partial charge on any atom is 0.415 e. The van der Waals surface area contributed by atoms with Gasteiger partial charge < -0.3 is 19.3 Å². The highest BCUT2D eigenvalue weighted by atomic mass is 16.6. The first-order chi connectivity index (χ1) is 10.7. The lowest BCUT2D eigenvalue weighted by atomic mass is 9.99. The maximum absolute atomic E-state index is 11.9. The van der Waals surface area contributed by atoms with Gasteiger partial charge in [-0.25, -0.2) is 9.59 Å². The summed E-state index contributed by atoms with van der Waals surface area (Å²) in [6, 6.07) is 8.85. The summed E-state index contributed by atoms with van der Waals surface area (Å²) >= 11 is 0. The quantitative estimate of drug-likeness (QED) is 0.835. The van der Waals surface area contributed by atoms with Crippen molar-refractivity contribution in [3.8, 4) is 5.75 Å². The van der Waals surface area contributed by atoms with Gasteiger partial charge in [0, 0.05) is 27.2 Å². The first-order valence-corrected chi connectivity index (χ1v) is 7.55. The van der Waals surface area contributed by atoms with Crippen LogP contribution in [-0.4, -0.2) is 55.8 Å². The molecule has 128 valence electrons. The number of carbonyl (C=O) groups excluding carboxylic acids is 2. The Hall–Kier alpha value is -2.24. The molecule has 0 N–H and O–H groups in total. The summed E-state index contributed by atoms with van der Waals surface area (Å²) < 4.78 is 10.4. The van der Waals surface area contributed by atoms with Crippen LogP contribution < -0.4 is 4.74 Å². The number of hydrogen-bond donors (Lipinski definition) is 0. The van der Waals surface area contributed by atoms with Crippen molar-refractivity contribution >= 4 is 12.2 Å². The zero-order chi connectivity index (χ0) is 17.5. The van der Waals surface area contributed by atoms with Gasteiger partial charge in [0.05, 0.1) is 6.61 Å². The van der Waals surface area contributed by atoms with Gasteiger partial charge >= 0.3 is 12.2 Å². The number of likely N-dealkylation sites (N-methyl/N-ethyl adjacent to an activating group) is 2. The van der Waals surface area contributed by atoms with E-state index < -0.39 is 12.2 Å². The number of rotatable bonds is 5. The second kappa shape index (κ2) is 8.41. The molecule has 23 heavy (non-hydrogen) atoms. The van der Waals surface area contributed by atoms with Crippen LogP contribution in [0.3, 0.4) is 0 Å². The molecular weight excluding hydrogens is 296 g/mol. The molecule has 0 unspecified atom stereocenters. The zero-order valence-electron chi connectivity index (χ0n) is 14.5. The van der Waals surface area contributed by atoms with Crippen molar-refractivity contribution in [2.75, 3.05) is 33.8 Å². The van der Waals surface area contributed by atoms with Gasteiger partial charge in [0.15, 0.2) is 0 Å². The lowest BCUT2D eigenvalue weighted by molar-refractivity contribution is 0.0764. The lowest BCUT2D eigenvalue weighted by Crippen LogP contribution is -2.39. The van der Waals surface area contributed by atoms with E-state index in [4.69, 9.17) is 9.47 Å². The molecule has 2 amide bonds. The first kappa shape index (κ1) is 18.8. The minimum atomic E-state index is -0.465. The Labute approximate surface area is 138 Å². The molecule has 0 aliphatic carbocycles. The summed E-state index contributed by atoms with van der Waals surface area (Å²) in [4.78, 5) is 26.6. The van der Waals surface area contributed by atoms with Crippen LogP contribution in [0.5, 0.6) is 5.75 Å². The molecule has 0 bridgehead atoms. The number of para-hydroxylation sites is 1. The second-order valence-corrected chi connectivity index (χ2v) is 6.64. The van der Waals surface area contributed by atoms with E-state index in [9.17, 15) is 9.59 Å². The summed E-state index contributed by atoms with van der Waals surface area (Å²) in [5.41, 5.74) is -0.0766. The molecule has 0 saturated heterocycles. The topological polar surface area (TPSA) is 59.1 Å². The summed E-state index contributed by atoms with van der Waals surface area (Å²) in [7, 11) is 3.26. The van der Waals surface area contributed by atoms with Crippen LogP contribution >= 0.6 is 0 Å². The highest BCUT2D eigenvalue weighted by molar-refractivity contribution is 5.70. The number of amides is 2. The van der Waals surface area contributed by atoms with Gasteiger partial charge in [0.25, 0.3) is 0 Å². The second-order valence-electron chi connectivity index (χ2n) is 6.64. The average molecular weight is 322 g/mol. The van der Waals surface area contributed by atoms with Gasteiger partial charge in [-0.1, -0.05) is 39.0 Å². The van der Waals surface area contributed by atoms with Crippen LogP contribution in [0.2, 0.25) is 0 Å². The van der Waals surface area contributed by atoms with E-state index >= 15 is 0 Å². The first-order valence-electron chi connectivity index (χ1n) is 7.55. The minimum absolute atomic E-state index is 0.0766. The predicted molar refractivity (Wildman–Crippen MR) is 88.5 cm³/mol. The van der Waals surface area contributed by atoms with E-state index in [0.717, 1.165) is 0 Å². The Morgan fingerprint density at radius 2 is 1.48 bits per heavy atom. The molecule has 0 heterocycles. The molecule has 0 fully saturated rings. The molecule has 0 spiro atoms. The molecule has 0 aliphatic rings. The normalized spacial score (nSPS) is 10.8. The molecule has 0 saturated carbocycles. The van der Waals surface area contributed by atoms with Crippen molar-refractivity contribution in [2.24, 2.45) is 5.41 Å². The molecule has 1 aromatic rings. The molecule has 6 heteroatoms. The zero-order valence-corrected chi connectivity index (χ0v) is 14.5. The molecular formula is C17H26N2O4. The van der Waals surface area contributed by atoms with E-state index in [1.165, 1.54) is 9.80 Å². The molecule has 0 aromatic heterocycles. The summed E-state index contributed by atoms with van der Waals surface area (Å²) in [6.07, 6.45) is -0.864. The summed E-state index contributed by atoms with van der Waals surface area (Å²) in [5.74, 6) is 0.488. The van der Waals surface area contributed by atoms with E-state index in [-0.39, 0.29) is 5.41 Å². The molecule has 0 atom stereocenters. The Balaban J connectivity index is 2.35. The molecule has 0 radical (unpaired) electrons. The number of carbonyl (C=O) groups is 2. The largest absolute Gasteiger partial charge is 0.449 e. The van der Waals surface area contributed by atoms with Crippen LogP contribution in [0.1, 0.15) is 20.8 Å². The number of hydrogen-bond acceptors (Lipinski definition) is 4. The van der Waals surface area contributed by atoms with Gasteiger partial charge in [-0.3, -0.25) is 0 Å². The summed E-state index contributed by atoms with van der Waals surface area (Å²) in [5, 5.41) is 0. The minimum Gasteiger partial charge on any atom is -0.449 e. The fraction of sp³-hybridized carbons (Fsp3) is 0.529. The van der Waals surface area contributed by atoms with Crippen molar-refractivity contribution in [2.45, 2.75) is 20.8 Å². The van der Waals surface area contributed by atoms with E-state index in [1.54, 1.807) is 38.4 Å². The molecule has 6 nitrogen and oxygen atoms in total. The Kier molecular flexibility index (Phi) is 6.88. The SMILES string of the molecule is CN(CCN(C)C(=O)Oc1ccccc1)C(=O)OCC(C)(C)C.